The van der Waals surface area contributed by atoms with Crippen molar-refractivity contribution in [3.8, 4) is 11.5 Å². The van der Waals surface area contributed by atoms with Gasteiger partial charge in [-0.3, -0.25) is 10.1 Å². The Morgan fingerprint density at radius 3 is 2.63 bits per heavy atom. The molecule has 0 bridgehead atoms. The maximum absolute atomic E-state index is 5.37. The highest BCUT2D eigenvalue weighted by Gasteiger charge is 2.24. The van der Waals surface area contributed by atoms with Gasteiger partial charge in [-0.25, -0.2) is 0 Å². The van der Waals surface area contributed by atoms with E-state index in [9.17, 15) is 0 Å². The standard InChI is InChI=1S/C18H26N6O2.HI/c1-19-18(20-11-13-4-6-21-23-13)22-14-5-7-24(12-14)15-8-16(25-2)10-17(9-15)26-3;/h4,6,8-10,14H,5,7,11-12H2,1-3H3,(H,21,23)(H2,19,20,22);1H. The van der Waals surface area contributed by atoms with Crippen LogP contribution in [0.3, 0.4) is 0 Å². The Morgan fingerprint density at radius 2 is 2.04 bits per heavy atom. The van der Waals surface area contributed by atoms with Crippen LogP contribution < -0.4 is 25.0 Å². The summed E-state index contributed by atoms with van der Waals surface area (Å²) >= 11 is 0. The molecule has 3 rings (SSSR count). The molecule has 1 aliphatic heterocycles. The molecule has 1 fully saturated rings. The average molecular weight is 486 g/mol. The van der Waals surface area contributed by atoms with Crippen LogP contribution in [0, 0.1) is 0 Å². The van der Waals surface area contributed by atoms with E-state index in [1.165, 1.54) is 0 Å². The van der Waals surface area contributed by atoms with Gasteiger partial charge in [0.15, 0.2) is 5.96 Å². The molecule has 1 unspecified atom stereocenters. The van der Waals surface area contributed by atoms with E-state index in [1.807, 2.05) is 24.3 Å². The first-order valence-electron chi connectivity index (χ1n) is 8.65. The fraction of sp³-hybridized carbons (Fsp3) is 0.444. The normalized spacial score (nSPS) is 16.6. The van der Waals surface area contributed by atoms with Crippen molar-refractivity contribution in [2.24, 2.45) is 4.99 Å². The van der Waals surface area contributed by atoms with Crippen molar-refractivity contribution in [1.82, 2.24) is 20.8 Å². The third-order valence-electron chi connectivity index (χ3n) is 4.46. The molecule has 1 aromatic carbocycles. The van der Waals surface area contributed by atoms with Crippen LogP contribution in [0.4, 0.5) is 5.69 Å². The monoisotopic (exact) mass is 486 g/mol. The number of nitrogens with one attached hydrogen (secondary N) is 3. The predicted octanol–water partition coefficient (Wildman–Crippen LogP) is 1.99. The molecule has 1 aliphatic rings. The lowest BCUT2D eigenvalue weighted by molar-refractivity contribution is 0.394. The Kier molecular flexibility index (Phi) is 8.01. The molecule has 1 saturated heterocycles. The number of halogens is 1. The zero-order valence-electron chi connectivity index (χ0n) is 15.9. The molecule has 3 N–H and O–H groups in total. The van der Waals surface area contributed by atoms with Crippen LogP contribution in [-0.2, 0) is 6.54 Å². The second kappa shape index (κ2) is 10.2. The van der Waals surface area contributed by atoms with Gasteiger partial charge >= 0.3 is 0 Å². The van der Waals surface area contributed by atoms with Crippen molar-refractivity contribution in [2.75, 3.05) is 39.3 Å². The summed E-state index contributed by atoms with van der Waals surface area (Å²) in [6.07, 6.45) is 2.77. The number of aliphatic imine (C=N–C) groups is 1. The molecular formula is C18H27IN6O2. The number of hydrogen-bond acceptors (Lipinski definition) is 5. The van der Waals surface area contributed by atoms with Gasteiger partial charge < -0.3 is 25.0 Å². The Bertz CT molecular complexity index is 715. The van der Waals surface area contributed by atoms with Crippen LogP contribution in [0.25, 0.3) is 0 Å². The van der Waals surface area contributed by atoms with Gasteiger partial charge in [0.05, 0.1) is 26.5 Å². The van der Waals surface area contributed by atoms with E-state index in [0.717, 1.165) is 48.4 Å². The van der Waals surface area contributed by atoms with Crippen molar-refractivity contribution in [3.05, 3.63) is 36.2 Å². The molecule has 27 heavy (non-hydrogen) atoms. The largest absolute Gasteiger partial charge is 0.497 e. The van der Waals surface area contributed by atoms with Crippen LogP contribution in [0.5, 0.6) is 11.5 Å². The highest BCUT2D eigenvalue weighted by atomic mass is 127. The van der Waals surface area contributed by atoms with E-state index in [2.05, 4.69) is 30.7 Å². The lowest BCUT2D eigenvalue weighted by Gasteiger charge is -2.21. The van der Waals surface area contributed by atoms with Crippen molar-refractivity contribution in [3.63, 3.8) is 0 Å². The summed E-state index contributed by atoms with van der Waals surface area (Å²) in [6, 6.07) is 8.22. The smallest absolute Gasteiger partial charge is 0.191 e. The number of guanidine groups is 1. The van der Waals surface area contributed by atoms with Crippen LogP contribution >= 0.6 is 24.0 Å². The van der Waals surface area contributed by atoms with E-state index in [1.54, 1.807) is 27.5 Å². The summed E-state index contributed by atoms with van der Waals surface area (Å²) < 4.78 is 10.7. The molecule has 0 aliphatic carbocycles. The number of rotatable bonds is 6. The van der Waals surface area contributed by atoms with E-state index >= 15 is 0 Å². The van der Waals surface area contributed by atoms with Gasteiger partial charge in [-0.1, -0.05) is 0 Å². The average Bonchev–Trinajstić information content (AvgIpc) is 3.36. The fourth-order valence-electron chi connectivity index (χ4n) is 3.04. The van der Waals surface area contributed by atoms with Crippen molar-refractivity contribution in [1.29, 1.82) is 0 Å². The summed E-state index contributed by atoms with van der Waals surface area (Å²) in [5.41, 5.74) is 2.12. The minimum absolute atomic E-state index is 0. The number of aromatic amines is 1. The lowest BCUT2D eigenvalue weighted by atomic mass is 10.2. The molecule has 0 saturated carbocycles. The Balaban J connectivity index is 0.00000261. The van der Waals surface area contributed by atoms with Gasteiger partial charge in [0.1, 0.15) is 11.5 Å². The SMILES string of the molecule is CN=C(NCc1ccn[nH]1)NC1CCN(c2cc(OC)cc(OC)c2)C1.I. The molecule has 148 valence electrons. The van der Waals surface area contributed by atoms with Crippen LogP contribution in [0.2, 0.25) is 0 Å². The first-order chi connectivity index (χ1) is 12.7. The molecule has 1 aromatic heterocycles. The van der Waals surface area contributed by atoms with Gasteiger partial charge in [0.2, 0.25) is 0 Å². The number of methoxy groups -OCH3 is 2. The fourth-order valence-corrected chi connectivity index (χ4v) is 3.04. The topological polar surface area (TPSA) is 86.8 Å². The summed E-state index contributed by atoms with van der Waals surface area (Å²) in [5, 5.41) is 13.7. The third kappa shape index (κ3) is 5.65. The summed E-state index contributed by atoms with van der Waals surface area (Å²) in [5.74, 6) is 2.38. The minimum Gasteiger partial charge on any atom is -0.497 e. The third-order valence-corrected chi connectivity index (χ3v) is 4.46. The number of aromatic nitrogens is 2. The van der Waals surface area contributed by atoms with Gasteiger partial charge in [0.25, 0.3) is 0 Å². The molecule has 0 spiro atoms. The molecule has 0 radical (unpaired) electrons. The lowest BCUT2D eigenvalue weighted by Crippen LogP contribution is -2.44. The molecule has 2 heterocycles. The highest BCUT2D eigenvalue weighted by Crippen LogP contribution is 2.30. The second-order valence-electron chi connectivity index (χ2n) is 6.15. The van der Waals surface area contributed by atoms with E-state index in [-0.39, 0.29) is 24.0 Å². The first kappa shape index (κ1) is 21.1. The zero-order chi connectivity index (χ0) is 18.4. The Labute approximate surface area is 176 Å². The first-order valence-corrected chi connectivity index (χ1v) is 8.65. The molecule has 8 nitrogen and oxygen atoms in total. The van der Waals surface area contributed by atoms with Gasteiger partial charge in [-0.05, 0) is 12.5 Å². The predicted molar refractivity (Wildman–Crippen MR) is 118 cm³/mol. The van der Waals surface area contributed by atoms with Crippen LogP contribution in [-0.4, -0.2) is 56.6 Å². The summed E-state index contributed by atoms with van der Waals surface area (Å²) in [6.45, 7) is 2.51. The van der Waals surface area contributed by atoms with Gasteiger partial charge in [-0.2, -0.15) is 5.10 Å². The second-order valence-corrected chi connectivity index (χ2v) is 6.15. The van der Waals surface area contributed by atoms with Crippen molar-refractivity contribution < 1.29 is 9.47 Å². The number of hydrogen-bond donors (Lipinski definition) is 3. The zero-order valence-corrected chi connectivity index (χ0v) is 18.2. The highest BCUT2D eigenvalue weighted by molar-refractivity contribution is 14.0. The number of nitrogens with zero attached hydrogens (tertiary/aromatic N) is 3. The van der Waals surface area contributed by atoms with E-state index in [4.69, 9.17) is 9.47 Å². The van der Waals surface area contributed by atoms with Gasteiger partial charge in [0, 0.05) is 56.3 Å². The number of ether oxygens (including phenoxy) is 2. The van der Waals surface area contributed by atoms with Crippen molar-refractivity contribution >= 4 is 35.6 Å². The molecular weight excluding hydrogens is 459 g/mol. The number of H-pyrrole nitrogens is 1. The minimum atomic E-state index is 0. The number of anilines is 1. The molecule has 0 amide bonds. The molecule has 9 heteroatoms. The Morgan fingerprint density at radius 1 is 1.30 bits per heavy atom. The Hall–Kier alpha value is -2.17. The van der Waals surface area contributed by atoms with Crippen molar-refractivity contribution in [2.45, 2.75) is 19.0 Å². The molecule has 1 atom stereocenters. The van der Waals surface area contributed by atoms with Crippen LogP contribution in [0.1, 0.15) is 12.1 Å². The van der Waals surface area contributed by atoms with E-state index in [0.29, 0.717) is 12.6 Å². The van der Waals surface area contributed by atoms with Crippen LogP contribution in [0.15, 0.2) is 35.5 Å². The van der Waals surface area contributed by atoms with Gasteiger partial charge in [-0.15, -0.1) is 24.0 Å². The summed E-state index contributed by atoms with van der Waals surface area (Å²) in [4.78, 5) is 6.63. The maximum atomic E-state index is 5.37. The maximum Gasteiger partial charge on any atom is 0.191 e. The quantitative estimate of drug-likeness (QED) is 0.329. The van der Waals surface area contributed by atoms with E-state index < -0.39 is 0 Å². The summed E-state index contributed by atoms with van der Waals surface area (Å²) in [7, 11) is 5.12. The number of benzene rings is 1. The molecule has 2 aromatic rings.